The van der Waals surface area contributed by atoms with Crippen LogP contribution in [-0.2, 0) is 17.5 Å². The zero-order valence-corrected chi connectivity index (χ0v) is 16.7. The summed E-state index contributed by atoms with van der Waals surface area (Å²) >= 11 is 5.61. The fraction of sp³-hybridized carbons (Fsp3) is 0.389. The number of imidazole rings is 1. The number of hydrogen-bond donors (Lipinski definition) is 4. The summed E-state index contributed by atoms with van der Waals surface area (Å²) in [4.78, 5) is 12.2. The van der Waals surface area contributed by atoms with E-state index in [1.54, 1.807) is 0 Å². The molecule has 1 fully saturated rings. The van der Waals surface area contributed by atoms with Crippen molar-refractivity contribution in [1.82, 2.24) is 19.5 Å². The second-order valence-electron chi connectivity index (χ2n) is 7.06. The van der Waals surface area contributed by atoms with E-state index >= 15 is 0 Å². The molecule has 0 amide bonds. The number of nitrogens with one attached hydrogen (secondary N) is 1. The van der Waals surface area contributed by atoms with Gasteiger partial charge in [0.2, 0.25) is 0 Å². The average molecular weight is 478 g/mol. The Labute approximate surface area is 182 Å². The van der Waals surface area contributed by atoms with E-state index in [0.29, 0.717) is 12.1 Å². The molecular formula is C18H16ClF4N5O4. The van der Waals surface area contributed by atoms with Crippen LogP contribution >= 0.6 is 11.6 Å². The van der Waals surface area contributed by atoms with Crippen LogP contribution in [0.25, 0.3) is 11.2 Å². The zero-order chi connectivity index (χ0) is 23.2. The van der Waals surface area contributed by atoms with Crippen LogP contribution < -0.4 is 5.32 Å². The van der Waals surface area contributed by atoms with Crippen LogP contribution in [0.15, 0.2) is 24.8 Å². The molecule has 3 heterocycles. The molecule has 0 radical (unpaired) electrons. The summed E-state index contributed by atoms with van der Waals surface area (Å²) in [7, 11) is 0. The van der Waals surface area contributed by atoms with E-state index in [1.165, 1.54) is 10.9 Å². The molecule has 0 bridgehead atoms. The number of ether oxygens (including phenoxy) is 1. The standard InChI is InChI=1S/C18H16ClF4N5O4/c19-9-2-8(18(21,22)23)1-7(11(9)20)3-24-15-12-16(26-5-25-15)28(6-27-12)17-14(31)13(30)10(4-29)32-17/h1-2,5-6,10,13-14,17,29-31H,3-4H2,(H,24,25,26)/t10-,13-,14-,17?/m1/s1. The lowest BCUT2D eigenvalue weighted by Gasteiger charge is -2.16. The van der Waals surface area contributed by atoms with Crippen LogP contribution in [0.3, 0.4) is 0 Å². The smallest absolute Gasteiger partial charge is 0.394 e. The van der Waals surface area contributed by atoms with Gasteiger partial charge in [-0.05, 0) is 12.1 Å². The molecule has 0 spiro atoms. The molecule has 1 aliphatic rings. The van der Waals surface area contributed by atoms with E-state index < -0.39 is 53.7 Å². The molecule has 1 unspecified atom stereocenters. The lowest BCUT2D eigenvalue weighted by Crippen LogP contribution is -2.33. The first-order valence-electron chi connectivity index (χ1n) is 9.20. The Morgan fingerprint density at radius 1 is 1.16 bits per heavy atom. The third kappa shape index (κ3) is 3.97. The highest BCUT2D eigenvalue weighted by Gasteiger charge is 2.44. The molecule has 14 heteroatoms. The third-order valence-electron chi connectivity index (χ3n) is 5.03. The minimum atomic E-state index is -4.70. The number of fused-ring (bicyclic) bond motifs is 1. The van der Waals surface area contributed by atoms with Crippen LogP contribution in [0.1, 0.15) is 17.4 Å². The minimum Gasteiger partial charge on any atom is -0.394 e. The van der Waals surface area contributed by atoms with Crippen molar-refractivity contribution >= 4 is 28.6 Å². The van der Waals surface area contributed by atoms with Gasteiger partial charge >= 0.3 is 6.18 Å². The number of aliphatic hydroxyl groups excluding tert-OH is 3. The molecule has 4 atom stereocenters. The van der Waals surface area contributed by atoms with Gasteiger partial charge in [0.1, 0.15) is 30.5 Å². The topological polar surface area (TPSA) is 126 Å². The number of rotatable bonds is 5. The predicted molar refractivity (Wildman–Crippen MR) is 102 cm³/mol. The number of aliphatic hydroxyl groups is 3. The van der Waals surface area contributed by atoms with Crippen LogP contribution in [0.2, 0.25) is 5.02 Å². The van der Waals surface area contributed by atoms with Crippen LogP contribution in [0, 0.1) is 5.82 Å². The maximum Gasteiger partial charge on any atom is 0.416 e. The number of hydrogen-bond acceptors (Lipinski definition) is 8. The van der Waals surface area contributed by atoms with Crippen molar-refractivity contribution in [1.29, 1.82) is 0 Å². The Morgan fingerprint density at radius 2 is 1.91 bits per heavy atom. The highest BCUT2D eigenvalue weighted by molar-refractivity contribution is 6.30. The van der Waals surface area contributed by atoms with Gasteiger partial charge in [-0.15, -0.1) is 0 Å². The Kier molecular flexibility index (Phi) is 5.94. The number of aromatic nitrogens is 4. The summed E-state index contributed by atoms with van der Waals surface area (Å²) in [5.41, 5.74) is -1.11. The lowest BCUT2D eigenvalue weighted by atomic mass is 10.1. The summed E-state index contributed by atoms with van der Waals surface area (Å²) in [5.74, 6) is -0.928. The van der Waals surface area contributed by atoms with Gasteiger partial charge in [0.25, 0.3) is 0 Å². The largest absolute Gasteiger partial charge is 0.416 e. The quantitative estimate of drug-likeness (QED) is 0.410. The van der Waals surface area contributed by atoms with Crippen molar-refractivity contribution in [3.05, 3.63) is 46.8 Å². The van der Waals surface area contributed by atoms with Crippen LogP contribution in [0.5, 0.6) is 0 Å². The van der Waals surface area contributed by atoms with Gasteiger partial charge in [0.15, 0.2) is 23.2 Å². The number of benzene rings is 1. The average Bonchev–Trinajstić information content (AvgIpc) is 3.29. The summed E-state index contributed by atoms with van der Waals surface area (Å²) in [6, 6.07) is 1.15. The Bertz CT molecular complexity index is 1140. The van der Waals surface area contributed by atoms with Gasteiger partial charge in [-0.1, -0.05) is 11.6 Å². The highest BCUT2D eigenvalue weighted by atomic mass is 35.5. The van der Waals surface area contributed by atoms with Crippen molar-refractivity contribution in [3.63, 3.8) is 0 Å². The Hall–Kier alpha value is -2.58. The molecule has 1 aliphatic heterocycles. The Balaban J connectivity index is 1.62. The summed E-state index contributed by atoms with van der Waals surface area (Å²) in [6.07, 6.45) is -7.15. The summed E-state index contributed by atoms with van der Waals surface area (Å²) in [6.45, 7) is -0.906. The highest BCUT2D eigenvalue weighted by Crippen LogP contribution is 2.34. The normalized spacial score (nSPS) is 23.8. The maximum atomic E-state index is 14.3. The second kappa shape index (κ2) is 8.41. The van der Waals surface area contributed by atoms with E-state index in [2.05, 4.69) is 20.3 Å². The Morgan fingerprint density at radius 3 is 2.56 bits per heavy atom. The van der Waals surface area contributed by atoms with E-state index in [1.807, 2.05) is 0 Å². The van der Waals surface area contributed by atoms with Crippen molar-refractivity contribution in [2.24, 2.45) is 0 Å². The molecule has 2 aromatic heterocycles. The van der Waals surface area contributed by atoms with E-state index in [0.717, 1.165) is 6.33 Å². The molecule has 1 aromatic carbocycles. The molecule has 4 rings (SSSR count). The SMILES string of the molecule is OC[C@H]1OC(n2cnc3c(NCc4cc(C(F)(F)F)cc(Cl)c4F)ncnc32)[C@H](O)[C@@H]1O. The van der Waals surface area contributed by atoms with Crippen molar-refractivity contribution in [2.75, 3.05) is 11.9 Å². The summed E-state index contributed by atoms with van der Waals surface area (Å²) in [5, 5.41) is 31.5. The lowest BCUT2D eigenvalue weighted by molar-refractivity contribution is -0.137. The van der Waals surface area contributed by atoms with Crippen LogP contribution in [-0.4, -0.2) is 59.8 Å². The zero-order valence-electron chi connectivity index (χ0n) is 16.0. The summed E-state index contributed by atoms with van der Waals surface area (Å²) < 4.78 is 60.1. The molecule has 0 saturated carbocycles. The molecule has 3 aromatic rings. The molecule has 32 heavy (non-hydrogen) atoms. The third-order valence-corrected chi connectivity index (χ3v) is 5.30. The molecule has 1 saturated heterocycles. The van der Waals surface area contributed by atoms with Gasteiger partial charge in [-0.25, -0.2) is 19.3 Å². The first-order valence-corrected chi connectivity index (χ1v) is 9.58. The van der Waals surface area contributed by atoms with E-state index in [-0.39, 0.29) is 29.1 Å². The molecule has 172 valence electrons. The molecule has 4 N–H and O–H groups in total. The first-order chi connectivity index (χ1) is 15.1. The fourth-order valence-corrected chi connectivity index (χ4v) is 3.63. The number of anilines is 1. The monoisotopic (exact) mass is 477 g/mol. The second-order valence-corrected chi connectivity index (χ2v) is 7.46. The maximum absolute atomic E-state index is 14.3. The van der Waals surface area contributed by atoms with Crippen molar-refractivity contribution in [3.8, 4) is 0 Å². The number of halogens is 5. The molecule has 9 nitrogen and oxygen atoms in total. The number of nitrogens with zero attached hydrogens (tertiary/aromatic N) is 4. The van der Waals surface area contributed by atoms with Gasteiger partial charge < -0.3 is 25.4 Å². The van der Waals surface area contributed by atoms with Crippen molar-refractivity contribution < 1.29 is 37.6 Å². The van der Waals surface area contributed by atoms with Crippen molar-refractivity contribution in [2.45, 2.75) is 37.3 Å². The van der Waals surface area contributed by atoms with Gasteiger partial charge in [0, 0.05) is 12.1 Å². The van der Waals surface area contributed by atoms with Gasteiger partial charge in [0.05, 0.1) is 23.5 Å². The molecule has 0 aliphatic carbocycles. The van der Waals surface area contributed by atoms with E-state index in [4.69, 9.17) is 16.3 Å². The first kappa shape index (κ1) is 22.6. The van der Waals surface area contributed by atoms with Crippen LogP contribution in [0.4, 0.5) is 23.4 Å². The predicted octanol–water partition coefficient (Wildman–Crippen LogP) is 1.86. The molecular weight excluding hydrogens is 462 g/mol. The number of alkyl halides is 3. The van der Waals surface area contributed by atoms with Gasteiger partial charge in [-0.2, -0.15) is 13.2 Å². The van der Waals surface area contributed by atoms with E-state index in [9.17, 15) is 32.9 Å². The van der Waals surface area contributed by atoms with Gasteiger partial charge in [-0.3, -0.25) is 4.57 Å². The minimum absolute atomic E-state index is 0.0772. The fourth-order valence-electron chi connectivity index (χ4n) is 3.39.